The highest BCUT2D eigenvalue weighted by Gasteiger charge is 2.26. The van der Waals surface area contributed by atoms with E-state index in [2.05, 4.69) is 11.8 Å². The Hall–Kier alpha value is -0.0800. The van der Waals surface area contributed by atoms with Crippen LogP contribution in [0.15, 0.2) is 0 Å². The number of rotatable bonds is 4. The molecule has 2 nitrogen and oxygen atoms in total. The van der Waals surface area contributed by atoms with E-state index in [4.69, 9.17) is 0 Å². The lowest BCUT2D eigenvalue weighted by molar-refractivity contribution is 0.0478. The fourth-order valence-corrected chi connectivity index (χ4v) is 3.41. The summed E-state index contributed by atoms with van der Waals surface area (Å²) in [7, 11) is 0. The predicted molar refractivity (Wildman–Crippen MR) is 67.4 cm³/mol. The number of β-amino-alcohol motifs (C(OH)–C–C–N with tert-alkyl or cyclic N) is 1. The van der Waals surface area contributed by atoms with Crippen LogP contribution in [0.1, 0.15) is 51.9 Å². The molecule has 0 radical (unpaired) electrons. The summed E-state index contributed by atoms with van der Waals surface area (Å²) < 4.78 is 0. The molecule has 1 heterocycles. The van der Waals surface area contributed by atoms with Crippen LogP contribution in [0, 0.1) is 11.8 Å². The van der Waals surface area contributed by atoms with Crippen LogP contribution in [-0.4, -0.2) is 35.7 Å². The number of aliphatic hydroxyl groups excluding tert-OH is 1. The van der Waals surface area contributed by atoms with Gasteiger partial charge in [-0.15, -0.1) is 0 Å². The van der Waals surface area contributed by atoms with E-state index in [-0.39, 0.29) is 6.10 Å². The molecule has 1 saturated carbocycles. The van der Waals surface area contributed by atoms with Crippen LogP contribution in [0.2, 0.25) is 0 Å². The molecular weight excluding hydrogens is 198 g/mol. The van der Waals surface area contributed by atoms with Gasteiger partial charge in [-0.3, -0.25) is 0 Å². The number of nitrogens with zero attached hydrogens (tertiary/aromatic N) is 1. The zero-order valence-electron chi connectivity index (χ0n) is 10.7. The topological polar surface area (TPSA) is 23.5 Å². The van der Waals surface area contributed by atoms with Crippen molar-refractivity contribution in [3.05, 3.63) is 0 Å². The first-order valence-corrected chi connectivity index (χ1v) is 7.20. The van der Waals surface area contributed by atoms with Gasteiger partial charge < -0.3 is 10.0 Å². The Morgan fingerprint density at radius 3 is 2.62 bits per heavy atom. The summed E-state index contributed by atoms with van der Waals surface area (Å²) in [6.07, 6.45) is 9.15. The van der Waals surface area contributed by atoms with Gasteiger partial charge in [0.15, 0.2) is 0 Å². The Labute approximate surface area is 100 Å². The summed E-state index contributed by atoms with van der Waals surface area (Å²) in [6, 6.07) is 0. The van der Waals surface area contributed by atoms with E-state index in [9.17, 15) is 5.11 Å². The number of likely N-dealkylation sites (tertiary alicyclic amines) is 1. The molecular formula is C14H27NO. The van der Waals surface area contributed by atoms with Crippen LogP contribution in [0.4, 0.5) is 0 Å². The SMILES string of the molecule is CCC1CCCN(CC(O)C2CCCC2)C1. The molecule has 2 atom stereocenters. The molecule has 1 N–H and O–H groups in total. The minimum Gasteiger partial charge on any atom is -0.392 e. The molecule has 16 heavy (non-hydrogen) atoms. The van der Waals surface area contributed by atoms with E-state index in [1.54, 1.807) is 0 Å². The summed E-state index contributed by atoms with van der Waals surface area (Å²) >= 11 is 0. The molecule has 2 unspecified atom stereocenters. The summed E-state index contributed by atoms with van der Waals surface area (Å²) in [5.74, 6) is 1.48. The Morgan fingerprint density at radius 1 is 1.19 bits per heavy atom. The van der Waals surface area contributed by atoms with Gasteiger partial charge in [0.2, 0.25) is 0 Å². The van der Waals surface area contributed by atoms with Gasteiger partial charge in [0.25, 0.3) is 0 Å². The fourth-order valence-electron chi connectivity index (χ4n) is 3.41. The molecule has 0 spiro atoms. The van der Waals surface area contributed by atoms with Crippen molar-refractivity contribution in [2.75, 3.05) is 19.6 Å². The van der Waals surface area contributed by atoms with Gasteiger partial charge in [-0.1, -0.05) is 26.2 Å². The summed E-state index contributed by atoms with van der Waals surface area (Å²) in [5.41, 5.74) is 0. The Kier molecular flexibility index (Phi) is 4.66. The Balaban J connectivity index is 1.75. The van der Waals surface area contributed by atoms with Crippen molar-refractivity contribution in [2.45, 2.75) is 58.0 Å². The molecule has 94 valence electrons. The highest BCUT2D eigenvalue weighted by Crippen LogP contribution is 2.29. The predicted octanol–water partition coefficient (Wildman–Crippen LogP) is 2.66. The monoisotopic (exact) mass is 225 g/mol. The average molecular weight is 225 g/mol. The molecule has 0 amide bonds. The van der Waals surface area contributed by atoms with Gasteiger partial charge >= 0.3 is 0 Å². The quantitative estimate of drug-likeness (QED) is 0.795. The van der Waals surface area contributed by atoms with E-state index in [0.29, 0.717) is 5.92 Å². The summed E-state index contributed by atoms with van der Waals surface area (Å²) in [4.78, 5) is 2.50. The van der Waals surface area contributed by atoms with Crippen LogP contribution in [0.3, 0.4) is 0 Å². The lowest BCUT2D eigenvalue weighted by Crippen LogP contribution is -2.41. The second-order valence-electron chi connectivity index (χ2n) is 5.79. The third-order valence-corrected chi connectivity index (χ3v) is 4.57. The zero-order chi connectivity index (χ0) is 11.4. The average Bonchev–Trinajstić information content (AvgIpc) is 2.83. The van der Waals surface area contributed by atoms with E-state index in [1.165, 1.54) is 58.0 Å². The lowest BCUT2D eigenvalue weighted by Gasteiger charge is -2.34. The first-order chi connectivity index (χ1) is 7.79. The molecule has 0 aromatic heterocycles. The largest absolute Gasteiger partial charge is 0.392 e. The molecule has 1 saturated heterocycles. The summed E-state index contributed by atoms with van der Waals surface area (Å²) in [5, 5.41) is 10.2. The smallest absolute Gasteiger partial charge is 0.0695 e. The summed E-state index contributed by atoms with van der Waals surface area (Å²) in [6.45, 7) is 5.66. The standard InChI is InChI=1S/C14H27NO/c1-2-12-6-5-9-15(10-12)11-14(16)13-7-3-4-8-13/h12-14,16H,2-11H2,1H3. The van der Waals surface area contributed by atoms with Crippen molar-refractivity contribution in [2.24, 2.45) is 11.8 Å². The highest BCUT2D eigenvalue weighted by molar-refractivity contribution is 4.80. The van der Waals surface area contributed by atoms with Gasteiger partial charge in [0.05, 0.1) is 6.10 Å². The molecule has 0 bridgehead atoms. The lowest BCUT2D eigenvalue weighted by atomic mass is 9.94. The van der Waals surface area contributed by atoms with Crippen molar-refractivity contribution in [1.29, 1.82) is 0 Å². The number of hydrogen-bond donors (Lipinski definition) is 1. The minimum absolute atomic E-state index is 0.0573. The zero-order valence-corrected chi connectivity index (χ0v) is 10.7. The second kappa shape index (κ2) is 6.02. The molecule has 0 aromatic rings. The van der Waals surface area contributed by atoms with E-state index >= 15 is 0 Å². The molecule has 2 heteroatoms. The van der Waals surface area contributed by atoms with E-state index in [1.807, 2.05) is 0 Å². The third kappa shape index (κ3) is 3.21. The number of hydrogen-bond acceptors (Lipinski definition) is 2. The number of piperidine rings is 1. The van der Waals surface area contributed by atoms with Gasteiger partial charge in [0, 0.05) is 13.1 Å². The van der Waals surface area contributed by atoms with Crippen LogP contribution in [0.5, 0.6) is 0 Å². The third-order valence-electron chi connectivity index (χ3n) is 4.57. The Morgan fingerprint density at radius 2 is 1.94 bits per heavy atom. The maximum atomic E-state index is 10.2. The van der Waals surface area contributed by atoms with Crippen molar-refractivity contribution >= 4 is 0 Å². The molecule has 1 aliphatic carbocycles. The fraction of sp³-hybridized carbons (Fsp3) is 1.00. The van der Waals surface area contributed by atoms with Gasteiger partial charge in [-0.25, -0.2) is 0 Å². The molecule has 0 aromatic carbocycles. The van der Waals surface area contributed by atoms with Crippen LogP contribution in [-0.2, 0) is 0 Å². The van der Waals surface area contributed by atoms with Crippen LogP contribution in [0.25, 0.3) is 0 Å². The van der Waals surface area contributed by atoms with E-state index < -0.39 is 0 Å². The minimum atomic E-state index is -0.0573. The van der Waals surface area contributed by atoms with Gasteiger partial charge in [-0.05, 0) is 44.1 Å². The maximum Gasteiger partial charge on any atom is 0.0695 e. The second-order valence-corrected chi connectivity index (χ2v) is 5.79. The molecule has 2 rings (SSSR count). The van der Waals surface area contributed by atoms with Crippen molar-refractivity contribution in [3.63, 3.8) is 0 Å². The number of aliphatic hydroxyl groups is 1. The normalized spacial score (nSPS) is 30.8. The van der Waals surface area contributed by atoms with E-state index in [0.717, 1.165) is 12.5 Å². The van der Waals surface area contributed by atoms with Gasteiger partial charge in [0.1, 0.15) is 0 Å². The van der Waals surface area contributed by atoms with Crippen LogP contribution >= 0.6 is 0 Å². The van der Waals surface area contributed by atoms with Crippen LogP contribution < -0.4 is 0 Å². The maximum absolute atomic E-state index is 10.2. The molecule has 1 aliphatic heterocycles. The Bertz CT molecular complexity index is 201. The van der Waals surface area contributed by atoms with Crippen molar-refractivity contribution in [3.8, 4) is 0 Å². The van der Waals surface area contributed by atoms with Crippen molar-refractivity contribution < 1.29 is 5.11 Å². The first-order valence-electron chi connectivity index (χ1n) is 7.20. The molecule has 2 aliphatic rings. The van der Waals surface area contributed by atoms with Gasteiger partial charge in [-0.2, -0.15) is 0 Å². The first kappa shape index (κ1) is 12.4. The van der Waals surface area contributed by atoms with Crippen molar-refractivity contribution in [1.82, 2.24) is 4.90 Å². The molecule has 2 fully saturated rings. The highest BCUT2D eigenvalue weighted by atomic mass is 16.3.